The van der Waals surface area contributed by atoms with Gasteiger partial charge in [-0.25, -0.2) is 4.79 Å². The van der Waals surface area contributed by atoms with Gasteiger partial charge in [0.2, 0.25) is 5.91 Å². The quantitative estimate of drug-likeness (QED) is 0.592. The van der Waals surface area contributed by atoms with Gasteiger partial charge in [-0.15, -0.1) is 0 Å². The van der Waals surface area contributed by atoms with E-state index in [2.05, 4.69) is 21.3 Å². The van der Waals surface area contributed by atoms with Crippen molar-refractivity contribution in [1.29, 1.82) is 0 Å². The Balaban J connectivity index is 1.53. The molecule has 20 heavy (non-hydrogen) atoms. The molecule has 2 fully saturated rings. The van der Waals surface area contributed by atoms with Crippen LogP contribution in [0.1, 0.15) is 44.9 Å². The highest BCUT2D eigenvalue weighted by Gasteiger charge is 2.17. The summed E-state index contributed by atoms with van der Waals surface area (Å²) < 4.78 is 0. The Morgan fingerprint density at radius 3 is 2.50 bits per heavy atom. The summed E-state index contributed by atoms with van der Waals surface area (Å²) in [5.41, 5.74) is 0. The smallest absolute Gasteiger partial charge is 0.315 e. The van der Waals surface area contributed by atoms with E-state index in [4.69, 9.17) is 0 Å². The van der Waals surface area contributed by atoms with Crippen LogP contribution in [0.2, 0.25) is 0 Å². The van der Waals surface area contributed by atoms with Crippen molar-refractivity contribution in [3.63, 3.8) is 0 Å². The van der Waals surface area contributed by atoms with E-state index < -0.39 is 0 Å². The first kappa shape index (κ1) is 15.1. The third kappa shape index (κ3) is 5.36. The van der Waals surface area contributed by atoms with Gasteiger partial charge >= 0.3 is 6.03 Å². The van der Waals surface area contributed by atoms with Gasteiger partial charge in [-0.3, -0.25) is 4.79 Å². The van der Waals surface area contributed by atoms with Crippen LogP contribution >= 0.6 is 0 Å². The van der Waals surface area contributed by atoms with Crippen LogP contribution < -0.4 is 21.3 Å². The molecule has 1 saturated heterocycles. The molecule has 0 aromatic carbocycles. The molecule has 0 spiro atoms. The molecule has 0 bridgehead atoms. The maximum absolute atomic E-state index is 11.7. The second-order valence-electron chi connectivity index (χ2n) is 5.76. The van der Waals surface area contributed by atoms with Crippen molar-refractivity contribution in [2.75, 3.05) is 19.6 Å². The van der Waals surface area contributed by atoms with Gasteiger partial charge in [-0.05, 0) is 32.2 Å². The van der Waals surface area contributed by atoms with E-state index in [1.807, 2.05) is 0 Å². The molecular weight excluding hydrogens is 256 g/mol. The van der Waals surface area contributed by atoms with Crippen LogP contribution in [0, 0.1) is 0 Å². The van der Waals surface area contributed by atoms with Crippen LogP contribution in [-0.2, 0) is 4.79 Å². The number of amides is 3. The lowest BCUT2D eigenvalue weighted by atomic mass is 9.96. The van der Waals surface area contributed by atoms with Gasteiger partial charge in [0.25, 0.3) is 0 Å². The molecule has 0 radical (unpaired) electrons. The highest BCUT2D eigenvalue weighted by Crippen LogP contribution is 2.16. The predicted octanol–water partition coefficient (Wildman–Crippen LogP) is 0.487. The standard InChI is InChI=1S/C14H26N4O2/c19-13(16-9-12-7-4-8-15-12)10-17-14(20)18-11-5-2-1-3-6-11/h11-12,15H,1-10H2,(H,16,19)(H2,17,18,20). The second-order valence-corrected chi connectivity index (χ2v) is 5.76. The summed E-state index contributed by atoms with van der Waals surface area (Å²) in [6.07, 6.45) is 8.00. The van der Waals surface area contributed by atoms with Crippen molar-refractivity contribution in [1.82, 2.24) is 21.3 Å². The minimum absolute atomic E-state index is 0.0469. The number of urea groups is 1. The van der Waals surface area contributed by atoms with Gasteiger partial charge in [0.1, 0.15) is 0 Å². The van der Waals surface area contributed by atoms with E-state index in [0.717, 1.165) is 25.8 Å². The fraction of sp³-hybridized carbons (Fsp3) is 0.857. The molecule has 2 aliphatic rings. The summed E-state index contributed by atoms with van der Waals surface area (Å²) in [7, 11) is 0. The largest absolute Gasteiger partial charge is 0.353 e. The summed E-state index contributed by atoms with van der Waals surface area (Å²) in [4.78, 5) is 23.3. The normalized spacial score (nSPS) is 23.3. The first-order chi connectivity index (χ1) is 9.74. The van der Waals surface area contributed by atoms with Crippen LogP contribution in [0.3, 0.4) is 0 Å². The Kier molecular flexibility index (Phi) is 6.11. The molecule has 4 N–H and O–H groups in total. The van der Waals surface area contributed by atoms with Gasteiger partial charge in [-0.2, -0.15) is 0 Å². The molecule has 2 rings (SSSR count). The summed E-state index contributed by atoms with van der Waals surface area (Å²) in [5, 5.41) is 11.7. The van der Waals surface area contributed by atoms with Crippen LogP contribution in [0.4, 0.5) is 4.79 Å². The molecule has 1 heterocycles. The molecule has 0 aromatic heterocycles. The molecule has 1 atom stereocenters. The molecule has 1 unspecified atom stereocenters. The Morgan fingerprint density at radius 2 is 1.80 bits per heavy atom. The zero-order chi connectivity index (χ0) is 14.2. The van der Waals surface area contributed by atoms with E-state index >= 15 is 0 Å². The zero-order valence-electron chi connectivity index (χ0n) is 12.0. The second kappa shape index (κ2) is 8.09. The van der Waals surface area contributed by atoms with Gasteiger partial charge in [0.05, 0.1) is 6.54 Å². The topological polar surface area (TPSA) is 82.3 Å². The molecule has 1 aliphatic heterocycles. The van der Waals surface area contributed by atoms with Crippen LogP contribution in [-0.4, -0.2) is 43.7 Å². The SMILES string of the molecule is O=C(CNC(=O)NC1CCCCC1)NCC1CCCN1. The first-order valence-electron chi connectivity index (χ1n) is 7.78. The third-order valence-electron chi connectivity index (χ3n) is 4.06. The minimum atomic E-state index is -0.231. The molecule has 1 saturated carbocycles. The van der Waals surface area contributed by atoms with E-state index in [0.29, 0.717) is 12.6 Å². The molecule has 3 amide bonds. The van der Waals surface area contributed by atoms with Gasteiger partial charge in [0.15, 0.2) is 0 Å². The average Bonchev–Trinajstić information content (AvgIpc) is 2.97. The van der Waals surface area contributed by atoms with Crippen molar-refractivity contribution in [3.05, 3.63) is 0 Å². The highest BCUT2D eigenvalue weighted by atomic mass is 16.2. The van der Waals surface area contributed by atoms with Crippen LogP contribution in [0.15, 0.2) is 0 Å². The number of carbonyl (C=O) groups is 2. The fourth-order valence-electron chi connectivity index (χ4n) is 2.87. The van der Waals surface area contributed by atoms with E-state index in [-0.39, 0.29) is 24.5 Å². The Hall–Kier alpha value is -1.30. The molecule has 114 valence electrons. The number of hydrogen-bond donors (Lipinski definition) is 4. The monoisotopic (exact) mass is 282 g/mol. The summed E-state index contributed by atoms with van der Waals surface area (Å²) in [5.74, 6) is -0.127. The Morgan fingerprint density at radius 1 is 1.00 bits per heavy atom. The first-order valence-corrected chi connectivity index (χ1v) is 7.78. The summed E-state index contributed by atoms with van der Waals surface area (Å²) >= 11 is 0. The van der Waals surface area contributed by atoms with Crippen molar-refractivity contribution < 1.29 is 9.59 Å². The average molecular weight is 282 g/mol. The lowest BCUT2D eigenvalue weighted by Crippen LogP contribution is -2.47. The molecule has 6 nitrogen and oxygen atoms in total. The number of nitrogens with one attached hydrogen (secondary N) is 4. The molecule has 6 heteroatoms. The molecule has 0 aromatic rings. The number of rotatable bonds is 5. The minimum Gasteiger partial charge on any atom is -0.353 e. The van der Waals surface area contributed by atoms with Crippen LogP contribution in [0.25, 0.3) is 0 Å². The molecule has 1 aliphatic carbocycles. The lowest BCUT2D eigenvalue weighted by Gasteiger charge is -2.22. The zero-order valence-corrected chi connectivity index (χ0v) is 12.0. The third-order valence-corrected chi connectivity index (χ3v) is 4.06. The van der Waals surface area contributed by atoms with Crippen molar-refractivity contribution in [3.8, 4) is 0 Å². The van der Waals surface area contributed by atoms with E-state index in [9.17, 15) is 9.59 Å². The predicted molar refractivity (Wildman–Crippen MR) is 77.4 cm³/mol. The van der Waals surface area contributed by atoms with Gasteiger partial charge in [0, 0.05) is 18.6 Å². The van der Waals surface area contributed by atoms with Gasteiger partial charge in [-0.1, -0.05) is 19.3 Å². The van der Waals surface area contributed by atoms with Crippen molar-refractivity contribution >= 4 is 11.9 Å². The summed E-state index contributed by atoms with van der Waals surface area (Å²) in [6.45, 7) is 1.72. The number of hydrogen-bond acceptors (Lipinski definition) is 3. The highest BCUT2D eigenvalue weighted by molar-refractivity contribution is 5.83. The Bertz CT molecular complexity index is 323. The van der Waals surface area contributed by atoms with E-state index in [1.165, 1.54) is 25.7 Å². The maximum atomic E-state index is 11.7. The van der Waals surface area contributed by atoms with Crippen molar-refractivity contribution in [2.45, 2.75) is 57.0 Å². The number of carbonyl (C=O) groups excluding carboxylic acids is 2. The van der Waals surface area contributed by atoms with Crippen LogP contribution in [0.5, 0.6) is 0 Å². The van der Waals surface area contributed by atoms with Gasteiger partial charge < -0.3 is 21.3 Å². The fourth-order valence-corrected chi connectivity index (χ4v) is 2.87. The summed E-state index contributed by atoms with van der Waals surface area (Å²) in [6, 6.07) is 0.426. The molecular formula is C14H26N4O2. The maximum Gasteiger partial charge on any atom is 0.315 e. The lowest BCUT2D eigenvalue weighted by molar-refractivity contribution is -0.120. The Labute approximate surface area is 120 Å². The van der Waals surface area contributed by atoms with Crippen molar-refractivity contribution in [2.24, 2.45) is 0 Å². The van der Waals surface area contributed by atoms with E-state index in [1.54, 1.807) is 0 Å².